The molecule has 0 aromatic heterocycles. The monoisotopic (exact) mass is 282 g/mol. The normalized spacial score (nSPS) is 34.8. The Bertz CT molecular complexity index is 294. The van der Waals surface area contributed by atoms with E-state index in [2.05, 4.69) is 54.6 Å². The van der Waals surface area contributed by atoms with Crippen LogP contribution in [-0.2, 0) is 0 Å². The number of rotatable bonds is 4. The van der Waals surface area contributed by atoms with Crippen molar-refractivity contribution in [3.63, 3.8) is 0 Å². The zero-order valence-corrected chi connectivity index (χ0v) is 14.1. The Kier molecular flexibility index (Phi) is 5.84. The molecule has 0 aliphatic carbocycles. The predicted molar refractivity (Wildman–Crippen MR) is 86.2 cm³/mol. The Hall–Kier alpha value is -0.160. The molecule has 0 aromatic rings. The highest BCUT2D eigenvalue weighted by Crippen LogP contribution is 2.15. The molecule has 118 valence electrons. The average Bonchev–Trinajstić information content (AvgIpc) is 2.42. The molecule has 4 heteroatoms. The van der Waals surface area contributed by atoms with E-state index in [1.807, 2.05) is 0 Å². The van der Waals surface area contributed by atoms with Gasteiger partial charge >= 0.3 is 0 Å². The molecule has 20 heavy (non-hydrogen) atoms. The van der Waals surface area contributed by atoms with Gasteiger partial charge in [0.05, 0.1) is 0 Å². The standard InChI is InChI=1S/C16H34N4/c1-6-18-10-14(4)17-9-16(18)12-20-8-7-19(13(2)3)11-15(20)5/h13-17H,6-12H2,1-5H3. The second-order valence-corrected chi connectivity index (χ2v) is 6.98. The Morgan fingerprint density at radius 2 is 1.85 bits per heavy atom. The van der Waals surface area contributed by atoms with Gasteiger partial charge in [0.25, 0.3) is 0 Å². The summed E-state index contributed by atoms with van der Waals surface area (Å²) in [6.45, 7) is 20.0. The van der Waals surface area contributed by atoms with Crippen LogP contribution in [0, 0.1) is 0 Å². The van der Waals surface area contributed by atoms with Gasteiger partial charge in [-0.15, -0.1) is 0 Å². The van der Waals surface area contributed by atoms with Crippen LogP contribution in [0.3, 0.4) is 0 Å². The maximum atomic E-state index is 3.65. The van der Waals surface area contributed by atoms with Crippen molar-refractivity contribution in [2.24, 2.45) is 0 Å². The molecule has 2 aliphatic heterocycles. The average molecular weight is 282 g/mol. The van der Waals surface area contributed by atoms with Crippen molar-refractivity contribution in [3.05, 3.63) is 0 Å². The molecule has 0 aromatic carbocycles. The van der Waals surface area contributed by atoms with Crippen LogP contribution in [0.2, 0.25) is 0 Å². The SMILES string of the molecule is CCN1CC(C)NCC1CN1CCN(C(C)C)CC1C. The van der Waals surface area contributed by atoms with Crippen LogP contribution in [0.4, 0.5) is 0 Å². The van der Waals surface area contributed by atoms with Gasteiger partial charge in [-0.3, -0.25) is 14.7 Å². The Morgan fingerprint density at radius 3 is 2.45 bits per heavy atom. The second-order valence-electron chi connectivity index (χ2n) is 6.98. The lowest BCUT2D eigenvalue weighted by atomic mass is 10.1. The minimum absolute atomic E-state index is 0.640. The molecule has 3 atom stereocenters. The Morgan fingerprint density at radius 1 is 1.10 bits per heavy atom. The van der Waals surface area contributed by atoms with E-state index in [0.717, 1.165) is 6.54 Å². The number of piperazine rings is 2. The van der Waals surface area contributed by atoms with E-state index in [0.29, 0.717) is 24.2 Å². The number of hydrogen-bond donors (Lipinski definition) is 1. The van der Waals surface area contributed by atoms with Gasteiger partial charge < -0.3 is 5.32 Å². The largest absolute Gasteiger partial charge is 0.311 e. The molecule has 0 bridgehead atoms. The van der Waals surface area contributed by atoms with Crippen LogP contribution >= 0.6 is 0 Å². The van der Waals surface area contributed by atoms with Crippen LogP contribution < -0.4 is 5.32 Å². The lowest BCUT2D eigenvalue weighted by Gasteiger charge is -2.46. The first-order chi connectivity index (χ1) is 9.51. The van der Waals surface area contributed by atoms with Gasteiger partial charge in [0, 0.05) is 63.4 Å². The van der Waals surface area contributed by atoms with Crippen molar-refractivity contribution >= 4 is 0 Å². The van der Waals surface area contributed by atoms with Crippen molar-refractivity contribution < 1.29 is 0 Å². The summed E-state index contributed by atoms with van der Waals surface area (Å²) in [7, 11) is 0. The fraction of sp³-hybridized carbons (Fsp3) is 1.00. The van der Waals surface area contributed by atoms with E-state index < -0.39 is 0 Å². The summed E-state index contributed by atoms with van der Waals surface area (Å²) in [6.07, 6.45) is 0. The van der Waals surface area contributed by atoms with Crippen LogP contribution in [0.15, 0.2) is 0 Å². The van der Waals surface area contributed by atoms with Crippen LogP contribution in [0.25, 0.3) is 0 Å². The second kappa shape index (κ2) is 7.21. The maximum absolute atomic E-state index is 3.65. The zero-order valence-electron chi connectivity index (χ0n) is 14.1. The van der Waals surface area contributed by atoms with E-state index >= 15 is 0 Å². The van der Waals surface area contributed by atoms with E-state index in [9.17, 15) is 0 Å². The summed E-state index contributed by atoms with van der Waals surface area (Å²) >= 11 is 0. The molecular formula is C16H34N4. The lowest BCUT2D eigenvalue weighted by molar-refractivity contribution is 0.0315. The van der Waals surface area contributed by atoms with Gasteiger partial charge in [0.2, 0.25) is 0 Å². The van der Waals surface area contributed by atoms with Crippen molar-refractivity contribution in [3.8, 4) is 0 Å². The molecule has 2 fully saturated rings. The Balaban J connectivity index is 1.86. The summed E-state index contributed by atoms with van der Waals surface area (Å²) in [4.78, 5) is 7.96. The third-order valence-electron chi connectivity index (χ3n) is 5.10. The first kappa shape index (κ1) is 16.2. The van der Waals surface area contributed by atoms with E-state index in [1.54, 1.807) is 0 Å². The van der Waals surface area contributed by atoms with Crippen LogP contribution in [0.5, 0.6) is 0 Å². The van der Waals surface area contributed by atoms with Gasteiger partial charge in [-0.2, -0.15) is 0 Å². The zero-order chi connectivity index (χ0) is 14.7. The highest BCUT2D eigenvalue weighted by atomic mass is 15.3. The smallest absolute Gasteiger partial charge is 0.0348 e. The molecule has 0 spiro atoms. The quantitative estimate of drug-likeness (QED) is 0.833. The molecule has 4 nitrogen and oxygen atoms in total. The number of nitrogens with one attached hydrogen (secondary N) is 1. The van der Waals surface area contributed by atoms with Crippen LogP contribution in [0.1, 0.15) is 34.6 Å². The van der Waals surface area contributed by atoms with Gasteiger partial charge in [0.1, 0.15) is 0 Å². The summed E-state index contributed by atoms with van der Waals surface area (Å²) in [5.74, 6) is 0. The molecule has 3 unspecified atom stereocenters. The van der Waals surface area contributed by atoms with Crippen LogP contribution in [-0.4, -0.2) is 84.7 Å². The van der Waals surface area contributed by atoms with Crippen molar-refractivity contribution in [2.75, 3.05) is 45.8 Å². The topological polar surface area (TPSA) is 21.8 Å². The van der Waals surface area contributed by atoms with Gasteiger partial charge in [0.15, 0.2) is 0 Å². The van der Waals surface area contributed by atoms with Gasteiger partial charge in [-0.1, -0.05) is 6.92 Å². The van der Waals surface area contributed by atoms with Crippen molar-refractivity contribution in [1.82, 2.24) is 20.0 Å². The fourth-order valence-electron chi connectivity index (χ4n) is 3.63. The first-order valence-corrected chi connectivity index (χ1v) is 8.46. The first-order valence-electron chi connectivity index (χ1n) is 8.46. The van der Waals surface area contributed by atoms with E-state index in [4.69, 9.17) is 0 Å². The molecule has 0 radical (unpaired) electrons. The molecule has 2 saturated heterocycles. The Labute approximate surface area is 125 Å². The minimum Gasteiger partial charge on any atom is -0.311 e. The fourth-order valence-corrected chi connectivity index (χ4v) is 3.63. The maximum Gasteiger partial charge on any atom is 0.0348 e. The minimum atomic E-state index is 0.640. The molecule has 2 aliphatic rings. The summed E-state index contributed by atoms with van der Waals surface area (Å²) in [6, 6.07) is 2.69. The highest BCUT2D eigenvalue weighted by molar-refractivity contribution is 4.89. The summed E-state index contributed by atoms with van der Waals surface area (Å²) in [5, 5.41) is 3.65. The van der Waals surface area contributed by atoms with Crippen molar-refractivity contribution in [2.45, 2.75) is 58.8 Å². The highest BCUT2D eigenvalue weighted by Gasteiger charge is 2.30. The summed E-state index contributed by atoms with van der Waals surface area (Å²) in [5.41, 5.74) is 0. The molecule has 1 N–H and O–H groups in total. The van der Waals surface area contributed by atoms with Gasteiger partial charge in [-0.05, 0) is 34.2 Å². The number of hydrogen-bond acceptors (Lipinski definition) is 4. The predicted octanol–water partition coefficient (Wildman–Crippen LogP) is 1.08. The third kappa shape index (κ3) is 3.94. The van der Waals surface area contributed by atoms with E-state index in [-0.39, 0.29) is 0 Å². The number of nitrogens with zero attached hydrogens (tertiary/aromatic N) is 3. The van der Waals surface area contributed by atoms with Gasteiger partial charge in [-0.25, -0.2) is 0 Å². The van der Waals surface area contributed by atoms with E-state index in [1.165, 1.54) is 39.3 Å². The lowest BCUT2D eigenvalue weighted by Crippen LogP contribution is -2.62. The molecule has 0 amide bonds. The van der Waals surface area contributed by atoms with Crippen molar-refractivity contribution in [1.29, 1.82) is 0 Å². The molecule has 2 heterocycles. The molecule has 2 rings (SSSR count). The molecule has 0 saturated carbocycles. The third-order valence-corrected chi connectivity index (χ3v) is 5.10. The molecular weight excluding hydrogens is 248 g/mol. The summed E-state index contributed by atoms with van der Waals surface area (Å²) < 4.78 is 0. The number of likely N-dealkylation sites (N-methyl/N-ethyl adjacent to an activating group) is 1.